The summed E-state index contributed by atoms with van der Waals surface area (Å²) in [4.78, 5) is 24.1. The van der Waals surface area contributed by atoms with Gasteiger partial charge in [0.15, 0.2) is 5.69 Å². The number of aromatic nitrogens is 2. The Morgan fingerprint density at radius 1 is 1.11 bits per heavy atom. The van der Waals surface area contributed by atoms with Crippen LogP contribution in [0.3, 0.4) is 0 Å². The van der Waals surface area contributed by atoms with Gasteiger partial charge in [-0.15, -0.1) is 0 Å². The van der Waals surface area contributed by atoms with Gasteiger partial charge in [-0.1, -0.05) is 33.1 Å². The molecule has 1 aliphatic carbocycles. The van der Waals surface area contributed by atoms with Crippen LogP contribution < -0.4 is 5.32 Å². The molecule has 10 heteroatoms. The van der Waals surface area contributed by atoms with Gasteiger partial charge in [0.05, 0.1) is 24.3 Å². The molecule has 1 aromatic carbocycles. The second-order valence-corrected chi connectivity index (χ2v) is 9.74. The van der Waals surface area contributed by atoms with Crippen molar-refractivity contribution in [3.8, 4) is 5.69 Å². The molecule has 2 aromatic rings. The van der Waals surface area contributed by atoms with Gasteiger partial charge in [-0.2, -0.15) is 5.10 Å². The Bertz CT molecular complexity index is 1010. The first-order valence-electron chi connectivity index (χ1n) is 12.4. The van der Waals surface area contributed by atoms with E-state index in [1.54, 1.807) is 16.8 Å². The molecule has 3 rings (SSSR count). The van der Waals surface area contributed by atoms with Crippen LogP contribution in [0.25, 0.3) is 5.69 Å². The van der Waals surface area contributed by atoms with Gasteiger partial charge in [0.1, 0.15) is 5.82 Å². The Morgan fingerprint density at radius 2 is 1.75 bits per heavy atom. The fourth-order valence-corrected chi connectivity index (χ4v) is 4.80. The molecule has 0 spiro atoms. The summed E-state index contributed by atoms with van der Waals surface area (Å²) in [6.45, 7) is 3.94. The van der Waals surface area contributed by atoms with Crippen molar-refractivity contribution >= 4 is 41.4 Å². The number of halogens is 1. The number of carbonyl (C=O) groups excluding carboxylic acids is 1. The van der Waals surface area contributed by atoms with Gasteiger partial charge in [-0.3, -0.25) is 9.59 Å². The topological polar surface area (TPSA) is 125 Å². The summed E-state index contributed by atoms with van der Waals surface area (Å²) in [7, 11) is 0. The van der Waals surface area contributed by atoms with Crippen LogP contribution in [0.4, 0.5) is 4.39 Å². The fraction of sp³-hybridized carbons (Fsp3) is 0.577. The SMILES string of the molecule is CC(C)c1c(C(=O)NC2CCCCC2)nn(-c2ccc(F)cc2)c1CC[C@@H](O)C[C@@H](O)CC(=O)O.[NaH]. The molecule has 0 aliphatic heterocycles. The summed E-state index contributed by atoms with van der Waals surface area (Å²) in [5.41, 5.74) is 2.42. The zero-order valence-electron chi connectivity index (χ0n) is 20.4. The third-order valence-electron chi connectivity index (χ3n) is 6.49. The van der Waals surface area contributed by atoms with Gasteiger partial charge in [0, 0.05) is 17.3 Å². The van der Waals surface area contributed by atoms with Crippen LogP contribution in [-0.2, 0) is 11.2 Å². The maximum absolute atomic E-state index is 13.6. The van der Waals surface area contributed by atoms with Crippen molar-refractivity contribution in [2.75, 3.05) is 0 Å². The minimum absolute atomic E-state index is 0. The summed E-state index contributed by atoms with van der Waals surface area (Å²) in [6.07, 6.45) is 3.24. The Morgan fingerprint density at radius 3 is 2.33 bits per heavy atom. The predicted octanol–water partition coefficient (Wildman–Crippen LogP) is 3.07. The molecule has 1 heterocycles. The van der Waals surface area contributed by atoms with Crippen LogP contribution in [0.2, 0.25) is 0 Å². The van der Waals surface area contributed by atoms with Gasteiger partial charge < -0.3 is 20.6 Å². The second-order valence-electron chi connectivity index (χ2n) is 9.74. The van der Waals surface area contributed by atoms with E-state index in [4.69, 9.17) is 5.11 Å². The van der Waals surface area contributed by atoms with E-state index in [1.165, 1.54) is 18.6 Å². The second kappa shape index (κ2) is 14.2. The molecule has 0 saturated heterocycles. The third kappa shape index (κ3) is 8.38. The monoisotopic (exact) mass is 513 g/mol. The van der Waals surface area contributed by atoms with Gasteiger partial charge in [-0.05, 0) is 62.3 Å². The molecule has 1 aromatic heterocycles. The molecule has 0 unspecified atom stereocenters. The van der Waals surface area contributed by atoms with Crippen molar-refractivity contribution in [2.24, 2.45) is 0 Å². The Balaban J connectivity index is 0.00000456. The average Bonchev–Trinajstić information content (AvgIpc) is 3.18. The first kappa shape index (κ1) is 30.4. The summed E-state index contributed by atoms with van der Waals surface area (Å²) >= 11 is 0. The van der Waals surface area contributed by atoms with Crippen molar-refractivity contribution in [1.82, 2.24) is 15.1 Å². The summed E-state index contributed by atoms with van der Waals surface area (Å²) in [6, 6.07) is 5.95. The van der Waals surface area contributed by atoms with Crippen molar-refractivity contribution < 1.29 is 29.3 Å². The summed E-state index contributed by atoms with van der Waals surface area (Å²) in [5.74, 6) is -1.79. The number of nitrogens with zero attached hydrogens (tertiary/aromatic N) is 2. The van der Waals surface area contributed by atoms with Gasteiger partial charge in [-0.25, -0.2) is 9.07 Å². The fourth-order valence-electron chi connectivity index (χ4n) is 4.80. The van der Waals surface area contributed by atoms with E-state index in [1.807, 2.05) is 13.8 Å². The summed E-state index contributed by atoms with van der Waals surface area (Å²) in [5, 5.41) is 36.9. The Hall–Kier alpha value is -1.78. The quantitative estimate of drug-likeness (QED) is 0.343. The molecule has 0 bridgehead atoms. The number of amides is 1. The van der Waals surface area contributed by atoms with E-state index < -0.39 is 24.6 Å². The molecular formula is C26H37FN3NaO5. The molecule has 2 atom stereocenters. The number of rotatable bonds is 11. The van der Waals surface area contributed by atoms with Crippen molar-refractivity contribution in [2.45, 2.75) is 95.8 Å². The minimum atomic E-state index is -1.15. The van der Waals surface area contributed by atoms with Crippen molar-refractivity contribution in [3.05, 3.63) is 47.0 Å². The van der Waals surface area contributed by atoms with E-state index in [0.717, 1.165) is 36.9 Å². The van der Waals surface area contributed by atoms with Crippen LogP contribution in [0.1, 0.15) is 92.9 Å². The zero-order chi connectivity index (χ0) is 25.5. The first-order chi connectivity index (χ1) is 16.7. The molecule has 8 nitrogen and oxygen atoms in total. The molecule has 1 amide bonds. The van der Waals surface area contributed by atoms with Gasteiger partial charge in [0.2, 0.25) is 0 Å². The maximum atomic E-state index is 13.6. The van der Waals surface area contributed by atoms with Crippen LogP contribution in [0.15, 0.2) is 24.3 Å². The van der Waals surface area contributed by atoms with Gasteiger partial charge in [0.25, 0.3) is 5.91 Å². The van der Waals surface area contributed by atoms with Crippen LogP contribution >= 0.6 is 0 Å². The van der Waals surface area contributed by atoms with Crippen LogP contribution in [-0.4, -0.2) is 84.8 Å². The number of hydrogen-bond acceptors (Lipinski definition) is 5. The molecule has 1 saturated carbocycles. The first-order valence-corrected chi connectivity index (χ1v) is 12.4. The van der Waals surface area contributed by atoms with Crippen LogP contribution in [0, 0.1) is 5.82 Å². The van der Waals surface area contributed by atoms with E-state index in [2.05, 4.69) is 10.4 Å². The molecule has 194 valence electrons. The number of carbonyl (C=O) groups is 2. The van der Waals surface area contributed by atoms with E-state index in [0.29, 0.717) is 17.8 Å². The number of aliphatic hydroxyl groups is 2. The zero-order valence-corrected chi connectivity index (χ0v) is 20.4. The van der Waals surface area contributed by atoms with Crippen molar-refractivity contribution in [1.29, 1.82) is 0 Å². The predicted molar refractivity (Wildman–Crippen MR) is 136 cm³/mol. The molecule has 1 aliphatic rings. The van der Waals surface area contributed by atoms with E-state index >= 15 is 0 Å². The molecule has 0 radical (unpaired) electrons. The van der Waals surface area contributed by atoms with E-state index in [9.17, 15) is 24.2 Å². The number of carboxylic acid groups (broad SMARTS) is 1. The standard InChI is InChI=1S/C26H36FN3O5.Na.H/c1-16(2)24-22(13-12-20(31)14-21(32)15-23(33)34)30(19-10-8-17(27)9-11-19)29-25(24)26(35)28-18-6-4-3-5-7-18;;/h8-11,16,18,20-21,31-32H,3-7,12-15H2,1-2H3,(H,28,35)(H,33,34);;/t20-,21-;;/m1../s1. The van der Waals surface area contributed by atoms with Gasteiger partial charge >= 0.3 is 35.5 Å². The normalized spacial score (nSPS) is 15.8. The number of aliphatic carboxylic acids is 1. The Labute approximate surface area is 233 Å². The van der Waals surface area contributed by atoms with Crippen LogP contribution in [0.5, 0.6) is 0 Å². The molecular weight excluding hydrogens is 476 g/mol. The Kier molecular flexibility index (Phi) is 12.0. The molecule has 4 N–H and O–H groups in total. The number of nitrogens with one attached hydrogen (secondary N) is 1. The average molecular weight is 514 g/mol. The molecule has 36 heavy (non-hydrogen) atoms. The number of hydrogen-bond donors (Lipinski definition) is 4. The number of aliphatic hydroxyl groups excluding tert-OH is 2. The number of carboxylic acids is 1. The number of benzene rings is 1. The molecule has 1 fully saturated rings. The van der Waals surface area contributed by atoms with Crippen molar-refractivity contribution in [3.63, 3.8) is 0 Å². The van der Waals surface area contributed by atoms with E-state index in [-0.39, 0.29) is 66.1 Å². The summed E-state index contributed by atoms with van der Waals surface area (Å²) < 4.78 is 15.2. The third-order valence-corrected chi connectivity index (χ3v) is 6.49.